The lowest BCUT2D eigenvalue weighted by molar-refractivity contribution is -0.145. The van der Waals surface area contributed by atoms with Crippen molar-refractivity contribution in [3.05, 3.63) is 35.5 Å². The Bertz CT molecular complexity index is 683. The molecule has 1 aliphatic rings. The lowest BCUT2D eigenvalue weighted by Gasteiger charge is -2.05. The summed E-state index contributed by atoms with van der Waals surface area (Å²) in [6.07, 6.45) is 3.77. The van der Waals surface area contributed by atoms with Gasteiger partial charge >= 0.3 is 5.97 Å². The summed E-state index contributed by atoms with van der Waals surface area (Å²) in [5, 5.41) is 5.38. The van der Waals surface area contributed by atoms with Gasteiger partial charge in [-0.3, -0.25) is 14.6 Å². The van der Waals surface area contributed by atoms with Gasteiger partial charge in [-0.25, -0.2) is 4.98 Å². The van der Waals surface area contributed by atoms with Crippen LogP contribution in [0.25, 0.3) is 10.7 Å². The van der Waals surface area contributed by atoms with Crippen LogP contribution in [-0.4, -0.2) is 35.0 Å². The second-order valence-corrected chi connectivity index (χ2v) is 6.19. The fourth-order valence-electron chi connectivity index (χ4n) is 2.00. The van der Waals surface area contributed by atoms with Crippen LogP contribution in [0.2, 0.25) is 0 Å². The molecular weight excluding hydrogens is 314 g/mol. The Morgan fingerprint density at radius 1 is 1.35 bits per heavy atom. The lowest BCUT2D eigenvalue weighted by Crippen LogP contribution is -2.29. The van der Waals surface area contributed by atoms with Crippen molar-refractivity contribution in [2.75, 3.05) is 13.2 Å². The minimum atomic E-state index is -0.154. The van der Waals surface area contributed by atoms with Crippen LogP contribution < -0.4 is 5.32 Å². The molecular formula is C16H17N3O3S. The summed E-state index contributed by atoms with van der Waals surface area (Å²) in [4.78, 5) is 31.8. The zero-order valence-electron chi connectivity index (χ0n) is 12.5. The van der Waals surface area contributed by atoms with Crippen molar-refractivity contribution >= 4 is 23.2 Å². The molecule has 0 radical (unpaired) electrons. The topological polar surface area (TPSA) is 81.2 Å². The predicted octanol–water partition coefficient (Wildman–Crippen LogP) is 1.82. The maximum absolute atomic E-state index is 11.8. The molecule has 3 rings (SSSR count). The SMILES string of the molecule is O=C(Cc1csc(-c2ccccn2)n1)NCCOC(=O)C1CC1. The Balaban J connectivity index is 1.41. The lowest BCUT2D eigenvalue weighted by atomic mass is 10.3. The van der Waals surface area contributed by atoms with Gasteiger partial charge in [0.15, 0.2) is 0 Å². The van der Waals surface area contributed by atoms with Crippen LogP contribution >= 0.6 is 11.3 Å². The highest BCUT2D eigenvalue weighted by Crippen LogP contribution is 2.29. The van der Waals surface area contributed by atoms with Crippen molar-refractivity contribution in [3.8, 4) is 10.7 Å². The molecule has 1 N–H and O–H groups in total. The number of hydrogen-bond donors (Lipinski definition) is 1. The van der Waals surface area contributed by atoms with E-state index < -0.39 is 0 Å². The molecule has 0 spiro atoms. The van der Waals surface area contributed by atoms with Crippen molar-refractivity contribution in [3.63, 3.8) is 0 Å². The second-order valence-electron chi connectivity index (χ2n) is 5.33. The number of carbonyl (C=O) groups is 2. The summed E-state index contributed by atoms with van der Waals surface area (Å²) in [7, 11) is 0. The summed E-state index contributed by atoms with van der Waals surface area (Å²) >= 11 is 1.46. The van der Waals surface area contributed by atoms with Gasteiger partial charge in [0.25, 0.3) is 0 Å². The monoisotopic (exact) mass is 331 g/mol. The van der Waals surface area contributed by atoms with Gasteiger partial charge in [-0.2, -0.15) is 0 Å². The van der Waals surface area contributed by atoms with Gasteiger partial charge in [0.05, 0.1) is 30.3 Å². The van der Waals surface area contributed by atoms with Crippen molar-refractivity contribution < 1.29 is 14.3 Å². The summed E-state index contributed by atoms with van der Waals surface area (Å²) in [5.41, 5.74) is 1.51. The molecule has 1 saturated carbocycles. The van der Waals surface area contributed by atoms with E-state index in [4.69, 9.17) is 4.74 Å². The number of ether oxygens (including phenoxy) is 1. The maximum atomic E-state index is 11.8. The average Bonchev–Trinajstić information content (AvgIpc) is 3.32. The first-order chi connectivity index (χ1) is 11.2. The van der Waals surface area contributed by atoms with Crippen LogP contribution in [0, 0.1) is 5.92 Å². The molecule has 0 atom stereocenters. The molecule has 2 aromatic heterocycles. The molecule has 1 aliphatic carbocycles. The third-order valence-corrected chi connectivity index (χ3v) is 4.27. The number of esters is 1. The average molecular weight is 331 g/mol. The molecule has 1 fully saturated rings. The third kappa shape index (κ3) is 4.59. The number of rotatable bonds is 7. The van der Waals surface area contributed by atoms with Gasteiger partial charge in [0.1, 0.15) is 11.6 Å². The molecule has 0 aliphatic heterocycles. The van der Waals surface area contributed by atoms with Crippen LogP contribution in [-0.2, 0) is 20.7 Å². The van der Waals surface area contributed by atoms with Crippen molar-refractivity contribution in [2.24, 2.45) is 5.92 Å². The van der Waals surface area contributed by atoms with Crippen LogP contribution in [0.4, 0.5) is 0 Å². The van der Waals surface area contributed by atoms with Crippen molar-refractivity contribution in [1.82, 2.24) is 15.3 Å². The first kappa shape index (κ1) is 15.6. The quantitative estimate of drug-likeness (QED) is 0.618. The molecule has 0 saturated heterocycles. The zero-order valence-corrected chi connectivity index (χ0v) is 13.3. The Morgan fingerprint density at radius 3 is 2.96 bits per heavy atom. The summed E-state index contributed by atoms with van der Waals surface area (Å²) in [5.74, 6) is -0.199. The molecule has 2 heterocycles. The number of amides is 1. The van der Waals surface area contributed by atoms with E-state index in [1.165, 1.54) is 11.3 Å². The Hall–Kier alpha value is -2.28. The van der Waals surface area contributed by atoms with Gasteiger partial charge in [0.2, 0.25) is 5.91 Å². The Kier molecular flexibility index (Phi) is 4.97. The maximum Gasteiger partial charge on any atom is 0.308 e. The molecule has 120 valence electrons. The van der Waals surface area contributed by atoms with Crippen molar-refractivity contribution in [1.29, 1.82) is 0 Å². The normalized spacial score (nSPS) is 13.6. The number of nitrogens with one attached hydrogen (secondary N) is 1. The van der Waals surface area contributed by atoms with E-state index in [2.05, 4.69) is 15.3 Å². The zero-order chi connectivity index (χ0) is 16.1. The molecule has 23 heavy (non-hydrogen) atoms. The van der Waals surface area contributed by atoms with Crippen LogP contribution in [0.5, 0.6) is 0 Å². The predicted molar refractivity (Wildman–Crippen MR) is 85.7 cm³/mol. The van der Waals surface area contributed by atoms with E-state index in [1.807, 2.05) is 23.6 Å². The van der Waals surface area contributed by atoms with Gasteiger partial charge in [-0.05, 0) is 25.0 Å². The fraction of sp³-hybridized carbons (Fsp3) is 0.375. The molecule has 0 unspecified atom stereocenters. The smallest absolute Gasteiger partial charge is 0.308 e. The fourth-order valence-corrected chi connectivity index (χ4v) is 2.80. The van der Waals surface area contributed by atoms with Crippen LogP contribution in [0.1, 0.15) is 18.5 Å². The van der Waals surface area contributed by atoms with Gasteiger partial charge in [-0.15, -0.1) is 11.3 Å². The highest BCUT2D eigenvalue weighted by Gasteiger charge is 2.30. The number of nitrogens with zero attached hydrogens (tertiary/aromatic N) is 2. The minimum absolute atomic E-state index is 0.0886. The van der Waals surface area contributed by atoms with Gasteiger partial charge in [0, 0.05) is 11.6 Å². The molecule has 7 heteroatoms. The standard InChI is InChI=1S/C16H17N3O3S/c20-14(18-7-8-22-16(21)11-4-5-11)9-12-10-23-15(19-12)13-3-1-2-6-17-13/h1-3,6,10-11H,4-5,7-9H2,(H,18,20). The molecule has 2 aromatic rings. The first-order valence-electron chi connectivity index (χ1n) is 7.51. The van der Waals surface area contributed by atoms with E-state index in [0.29, 0.717) is 12.2 Å². The van der Waals surface area contributed by atoms with E-state index in [9.17, 15) is 9.59 Å². The molecule has 1 amide bonds. The van der Waals surface area contributed by atoms with Crippen LogP contribution in [0.15, 0.2) is 29.8 Å². The van der Waals surface area contributed by atoms with Crippen LogP contribution in [0.3, 0.4) is 0 Å². The number of thiazole rings is 1. The molecule has 0 aromatic carbocycles. The number of hydrogen-bond acceptors (Lipinski definition) is 6. The summed E-state index contributed by atoms with van der Waals surface area (Å²) in [6, 6.07) is 5.64. The second kappa shape index (κ2) is 7.32. The number of carbonyl (C=O) groups excluding carboxylic acids is 2. The molecule has 6 nitrogen and oxygen atoms in total. The van der Waals surface area contributed by atoms with Gasteiger partial charge in [-0.1, -0.05) is 6.07 Å². The van der Waals surface area contributed by atoms with E-state index >= 15 is 0 Å². The minimum Gasteiger partial charge on any atom is -0.464 e. The Labute approximate surface area is 137 Å². The number of aromatic nitrogens is 2. The number of pyridine rings is 1. The summed E-state index contributed by atoms with van der Waals surface area (Å²) < 4.78 is 5.05. The summed E-state index contributed by atoms with van der Waals surface area (Å²) in [6.45, 7) is 0.547. The highest BCUT2D eigenvalue weighted by molar-refractivity contribution is 7.13. The Morgan fingerprint density at radius 2 is 2.22 bits per heavy atom. The van der Waals surface area contributed by atoms with Crippen molar-refractivity contribution in [2.45, 2.75) is 19.3 Å². The largest absolute Gasteiger partial charge is 0.464 e. The van der Waals surface area contributed by atoms with E-state index in [1.54, 1.807) is 6.20 Å². The highest BCUT2D eigenvalue weighted by atomic mass is 32.1. The molecule has 0 bridgehead atoms. The van der Waals surface area contributed by atoms with E-state index in [0.717, 1.165) is 23.5 Å². The third-order valence-electron chi connectivity index (χ3n) is 3.36. The van der Waals surface area contributed by atoms with Gasteiger partial charge < -0.3 is 10.1 Å². The van der Waals surface area contributed by atoms with E-state index in [-0.39, 0.29) is 30.8 Å². The first-order valence-corrected chi connectivity index (χ1v) is 8.39.